The topological polar surface area (TPSA) is 66.4 Å². The summed E-state index contributed by atoms with van der Waals surface area (Å²) in [6.45, 7) is 2.25. The van der Waals surface area contributed by atoms with Crippen molar-refractivity contribution in [1.82, 2.24) is 0 Å². The molecule has 4 nitrogen and oxygen atoms in total. The zero-order valence-electron chi connectivity index (χ0n) is 19.9. The van der Waals surface area contributed by atoms with Gasteiger partial charge < -0.3 is 9.29 Å². The Morgan fingerprint density at radius 1 is 0.719 bits per heavy atom. The summed E-state index contributed by atoms with van der Waals surface area (Å²) in [5.41, 5.74) is 0.586. The van der Waals surface area contributed by atoms with E-state index < -0.39 is 10.1 Å². The molecule has 0 heterocycles. The van der Waals surface area contributed by atoms with Crippen molar-refractivity contribution in [3.8, 4) is 11.5 Å². The molecule has 0 aliphatic carbocycles. The third kappa shape index (κ3) is 12.3. The van der Waals surface area contributed by atoms with Crippen LogP contribution in [-0.2, 0) is 16.5 Å². The van der Waals surface area contributed by atoms with Crippen molar-refractivity contribution < 1.29 is 69.1 Å². The standard InChI is InChI=1S/C26H38O4S.K/c1-2-3-4-5-6-7-8-9-10-11-12-14-17-23-20-21-25(22-26(23)31(27,28)29)30-24-18-15-13-16-19-24;/h13,15-16,18-22H,2-12,14,17H2,1H3,(H,27,28,29);/q;+1/p-1. The minimum absolute atomic E-state index is 0. The van der Waals surface area contributed by atoms with E-state index in [0.717, 1.165) is 19.3 Å². The molecule has 0 unspecified atom stereocenters. The molecule has 0 aromatic heterocycles. The van der Waals surface area contributed by atoms with E-state index in [2.05, 4.69) is 6.92 Å². The Labute approximate surface area is 237 Å². The molecular weight excluding hydrogens is 447 g/mol. The molecular formula is C26H37KO4S. The van der Waals surface area contributed by atoms with E-state index in [0.29, 0.717) is 23.5 Å². The van der Waals surface area contributed by atoms with Crippen LogP contribution in [0, 0.1) is 0 Å². The van der Waals surface area contributed by atoms with E-state index in [-0.39, 0.29) is 56.3 Å². The number of benzene rings is 2. The van der Waals surface area contributed by atoms with Crippen LogP contribution in [0.2, 0.25) is 0 Å². The average molecular weight is 485 g/mol. The molecule has 0 aliphatic rings. The van der Waals surface area contributed by atoms with Gasteiger partial charge in [-0.05, 0) is 42.7 Å². The van der Waals surface area contributed by atoms with E-state index in [1.165, 1.54) is 63.9 Å². The number of ether oxygens (including phenoxy) is 1. The minimum atomic E-state index is -4.54. The molecule has 6 heteroatoms. The summed E-state index contributed by atoms with van der Waals surface area (Å²) in [6, 6.07) is 13.9. The molecule has 2 aromatic carbocycles. The van der Waals surface area contributed by atoms with Crippen molar-refractivity contribution in [1.29, 1.82) is 0 Å². The van der Waals surface area contributed by atoms with Gasteiger partial charge in [0.1, 0.15) is 21.6 Å². The summed E-state index contributed by atoms with van der Waals surface area (Å²) in [5.74, 6) is 0.963. The van der Waals surface area contributed by atoms with Gasteiger partial charge in [-0.1, -0.05) is 102 Å². The summed E-state index contributed by atoms with van der Waals surface area (Å²) in [4.78, 5) is -0.163. The van der Waals surface area contributed by atoms with Gasteiger partial charge in [-0.25, -0.2) is 8.42 Å². The van der Waals surface area contributed by atoms with Gasteiger partial charge in [0.2, 0.25) is 0 Å². The van der Waals surface area contributed by atoms with Gasteiger partial charge in [-0.15, -0.1) is 0 Å². The van der Waals surface area contributed by atoms with Crippen molar-refractivity contribution in [2.24, 2.45) is 0 Å². The average Bonchev–Trinajstić information content (AvgIpc) is 2.75. The third-order valence-corrected chi connectivity index (χ3v) is 6.51. The first-order valence-electron chi connectivity index (χ1n) is 11.8. The van der Waals surface area contributed by atoms with Gasteiger partial charge in [0.15, 0.2) is 0 Å². The molecule has 0 aliphatic heterocycles. The molecule has 0 saturated carbocycles. The Balaban J connectivity index is 0.00000512. The van der Waals surface area contributed by atoms with Crippen LogP contribution >= 0.6 is 0 Å². The quantitative estimate of drug-likeness (QED) is 0.198. The largest absolute Gasteiger partial charge is 1.00 e. The Hall–Kier alpha value is -0.214. The summed E-state index contributed by atoms with van der Waals surface area (Å²) in [5, 5.41) is 0. The van der Waals surface area contributed by atoms with Crippen molar-refractivity contribution in [3.63, 3.8) is 0 Å². The molecule has 0 saturated heterocycles. The minimum Gasteiger partial charge on any atom is -0.744 e. The van der Waals surface area contributed by atoms with E-state index in [1.54, 1.807) is 24.3 Å². The van der Waals surface area contributed by atoms with Crippen LogP contribution in [0.5, 0.6) is 11.5 Å². The Morgan fingerprint density at radius 3 is 1.78 bits per heavy atom. The van der Waals surface area contributed by atoms with E-state index in [4.69, 9.17) is 4.74 Å². The van der Waals surface area contributed by atoms with Crippen molar-refractivity contribution in [2.45, 2.75) is 95.3 Å². The first kappa shape index (κ1) is 29.8. The van der Waals surface area contributed by atoms with Crippen molar-refractivity contribution in [3.05, 3.63) is 54.1 Å². The number of hydrogen-bond donors (Lipinski definition) is 0. The molecule has 32 heavy (non-hydrogen) atoms. The maximum absolute atomic E-state index is 11.8. The smallest absolute Gasteiger partial charge is 0.744 e. The van der Waals surface area contributed by atoms with Crippen molar-refractivity contribution >= 4 is 10.1 Å². The fourth-order valence-corrected chi connectivity index (χ4v) is 4.57. The van der Waals surface area contributed by atoms with Crippen LogP contribution < -0.4 is 56.1 Å². The Bertz CT molecular complexity index is 853. The van der Waals surface area contributed by atoms with Crippen LogP contribution in [0.3, 0.4) is 0 Å². The van der Waals surface area contributed by atoms with Gasteiger partial charge in [-0.3, -0.25) is 0 Å². The predicted molar refractivity (Wildman–Crippen MR) is 126 cm³/mol. The normalized spacial score (nSPS) is 11.2. The summed E-state index contributed by atoms with van der Waals surface area (Å²) in [6.07, 6.45) is 15.6. The second-order valence-corrected chi connectivity index (χ2v) is 9.63. The molecule has 0 fully saturated rings. The van der Waals surface area contributed by atoms with E-state index >= 15 is 0 Å². The van der Waals surface area contributed by atoms with Gasteiger partial charge >= 0.3 is 51.4 Å². The number of hydrogen-bond acceptors (Lipinski definition) is 4. The third-order valence-electron chi connectivity index (χ3n) is 5.59. The number of para-hydroxylation sites is 1. The van der Waals surface area contributed by atoms with Crippen LogP contribution in [0.15, 0.2) is 53.4 Å². The van der Waals surface area contributed by atoms with Gasteiger partial charge in [-0.2, -0.15) is 0 Å². The van der Waals surface area contributed by atoms with Gasteiger partial charge in [0.05, 0.1) is 4.90 Å². The van der Waals surface area contributed by atoms with Crippen LogP contribution in [0.1, 0.15) is 89.5 Å². The molecule has 0 N–H and O–H groups in total. The van der Waals surface area contributed by atoms with E-state index in [1.807, 2.05) is 18.2 Å². The molecule has 0 amide bonds. The second-order valence-electron chi connectivity index (χ2n) is 8.28. The zero-order valence-corrected chi connectivity index (χ0v) is 23.8. The molecule has 0 atom stereocenters. The Kier molecular flexibility index (Phi) is 16.1. The molecule has 0 spiro atoms. The molecule has 0 radical (unpaired) electrons. The first-order valence-corrected chi connectivity index (χ1v) is 13.2. The SMILES string of the molecule is CCCCCCCCCCCCCCc1ccc(Oc2ccccc2)cc1S(=O)(=O)[O-].[K+]. The fourth-order valence-electron chi connectivity index (χ4n) is 3.82. The monoisotopic (exact) mass is 484 g/mol. The molecule has 172 valence electrons. The number of unbranched alkanes of at least 4 members (excludes halogenated alkanes) is 11. The molecule has 2 aromatic rings. The van der Waals surface area contributed by atoms with Crippen LogP contribution in [0.25, 0.3) is 0 Å². The van der Waals surface area contributed by atoms with Gasteiger partial charge in [0.25, 0.3) is 0 Å². The molecule has 0 bridgehead atoms. The summed E-state index contributed by atoms with van der Waals surface area (Å²) in [7, 11) is -4.54. The maximum Gasteiger partial charge on any atom is 1.00 e. The van der Waals surface area contributed by atoms with E-state index in [9.17, 15) is 13.0 Å². The summed E-state index contributed by atoms with van der Waals surface area (Å²) >= 11 is 0. The first-order chi connectivity index (χ1) is 15.0. The van der Waals surface area contributed by atoms with Crippen LogP contribution in [-0.4, -0.2) is 13.0 Å². The summed E-state index contributed by atoms with van der Waals surface area (Å²) < 4.78 is 41.0. The van der Waals surface area contributed by atoms with Crippen molar-refractivity contribution in [2.75, 3.05) is 0 Å². The maximum atomic E-state index is 11.8. The number of aryl methyl sites for hydroxylation is 1. The zero-order chi connectivity index (χ0) is 22.4. The number of rotatable bonds is 16. The van der Waals surface area contributed by atoms with Crippen LogP contribution in [0.4, 0.5) is 0 Å². The fraction of sp³-hybridized carbons (Fsp3) is 0.538. The van der Waals surface area contributed by atoms with Gasteiger partial charge in [0, 0.05) is 0 Å². The second kappa shape index (κ2) is 17.3. The predicted octanol–water partition coefficient (Wildman–Crippen LogP) is 4.63. The molecule has 2 rings (SSSR count). The Morgan fingerprint density at radius 2 is 1.25 bits per heavy atom.